The Morgan fingerprint density at radius 1 is 1.21 bits per heavy atom. The number of nitrogens with one attached hydrogen (secondary N) is 2. The molecule has 33 heavy (non-hydrogen) atoms. The molecule has 3 aromatic rings. The maximum Gasteiger partial charge on any atom is 0.332 e. The van der Waals surface area contributed by atoms with Crippen molar-refractivity contribution in [3.8, 4) is 11.5 Å². The minimum atomic E-state index is -0.829. The summed E-state index contributed by atoms with van der Waals surface area (Å²) in [7, 11) is 1.52. The SMILES string of the molecule is COc1cc2ncnc3c2c(c1OC1CCNCC1)NC(=O)N3c1ccc(Cl)c(Cl)c1F.Cl. The molecule has 3 heterocycles. The van der Waals surface area contributed by atoms with Gasteiger partial charge in [-0.25, -0.2) is 24.1 Å². The Bertz CT molecular complexity index is 1240. The van der Waals surface area contributed by atoms with E-state index in [4.69, 9.17) is 32.7 Å². The molecular formula is C21H19Cl3FN5O3. The van der Waals surface area contributed by atoms with Crippen LogP contribution in [-0.4, -0.2) is 42.3 Å². The number of carbonyl (C=O) groups excluding carboxylic acids is 1. The summed E-state index contributed by atoms with van der Waals surface area (Å²) in [4.78, 5) is 22.9. The summed E-state index contributed by atoms with van der Waals surface area (Å²) >= 11 is 11.9. The van der Waals surface area contributed by atoms with Gasteiger partial charge in [-0.15, -0.1) is 12.4 Å². The maximum atomic E-state index is 15.0. The molecule has 1 aromatic heterocycles. The van der Waals surface area contributed by atoms with Crippen LogP contribution in [0.5, 0.6) is 11.5 Å². The first-order chi connectivity index (χ1) is 15.5. The fraction of sp³-hybridized carbons (Fsp3) is 0.286. The zero-order valence-corrected chi connectivity index (χ0v) is 19.7. The standard InChI is InChI=1S/C21H18Cl2FN5O3.ClH/c1-31-14-8-12-15-18(19(14)32-10-4-6-25-7-5-10)28-21(30)29(20(15)27-9-26-12)13-3-2-11(22)16(23)17(13)24;/h2-3,8-10,25H,4-7H2,1H3,(H,28,30);1H. The Balaban J connectivity index is 0.00000259. The molecule has 2 aliphatic rings. The van der Waals surface area contributed by atoms with E-state index in [9.17, 15) is 9.18 Å². The van der Waals surface area contributed by atoms with Gasteiger partial charge in [0.2, 0.25) is 0 Å². The lowest BCUT2D eigenvalue weighted by atomic mass is 10.1. The number of ether oxygens (including phenoxy) is 2. The average Bonchev–Trinajstić information content (AvgIpc) is 2.80. The fourth-order valence-electron chi connectivity index (χ4n) is 3.97. The van der Waals surface area contributed by atoms with Gasteiger partial charge >= 0.3 is 6.03 Å². The van der Waals surface area contributed by atoms with Crippen molar-refractivity contribution in [2.24, 2.45) is 0 Å². The van der Waals surface area contributed by atoms with E-state index in [0.29, 0.717) is 28.1 Å². The van der Waals surface area contributed by atoms with Crippen LogP contribution in [-0.2, 0) is 0 Å². The van der Waals surface area contributed by atoms with Crippen LogP contribution >= 0.6 is 35.6 Å². The number of aromatic nitrogens is 2. The van der Waals surface area contributed by atoms with Crippen LogP contribution in [0.25, 0.3) is 10.9 Å². The molecule has 0 radical (unpaired) electrons. The van der Waals surface area contributed by atoms with E-state index in [1.165, 1.54) is 25.6 Å². The van der Waals surface area contributed by atoms with Crippen LogP contribution < -0.4 is 25.0 Å². The lowest BCUT2D eigenvalue weighted by Gasteiger charge is -2.32. The van der Waals surface area contributed by atoms with Gasteiger partial charge in [-0.3, -0.25) is 0 Å². The van der Waals surface area contributed by atoms with E-state index in [-0.39, 0.29) is 40.1 Å². The summed E-state index contributed by atoms with van der Waals surface area (Å²) in [5.41, 5.74) is 0.805. The number of halogens is 4. The quantitative estimate of drug-likeness (QED) is 0.458. The van der Waals surface area contributed by atoms with Gasteiger partial charge in [-0.05, 0) is 38.1 Å². The molecule has 1 fully saturated rings. The minimum absolute atomic E-state index is 0. The molecule has 0 unspecified atom stereocenters. The Kier molecular flexibility index (Phi) is 6.67. The van der Waals surface area contributed by atoms with Crippen molar-refractivity contribution in [2.45, 2.75) is 18.9 Å². The number of methoxy groups -OCH3 is 1. The zero-order valence-electron chi connectivity index (χ0n) is 17.3. The summed E-state index contributed by atoms with van der Waals surface area (Å²) in [6.07, 6.45) is 2.88. The van der Waals surface area contributed by atoms with Crippen molar-refractivity contribution in [2.75, 3.05) is 30.4 Å². The smallest absolute Gasteiger partial charge is 0.332 e. The molecule has 5 rings (SSSR count). The highest BCUT2D eigenvalue weighted by atomic mass is 35.5. The first-order valence-corrected chi connectivity index (χ1v) is 10.7. The van der Waals surface area contributed by atoms with Gasteiger partial charge in [-0.1, -0.05) is 23.2 Å². The van der Waals surface area contributed by atoms with Gasteiger partial charge in [-0.2, -0.15) is 0 Å². The van der Waals surface area contributed by atoms with Crippen LogP contribution in [0.1, 0.15) is 12.8 Å². The zero-order chi connectivity index (χ0) is 22.4. The Hall–Kier alpha value is -2.59. The van der Waals surface area contributed by atoms with Gasteiger partial charge in [0.05, 0.1) is 33.7 Å². The number of hydrogen-bond donors (Lipinski definition) is 2. The monoisotopic (exact) mass is 513 g/mol. The number of benzene rings is 2. The number of hydrogen-bond acceptors (Lipinski definition) is 6. The lowest BCUT2D eigenvalue weighted by molar-refractivity contribution is 0.158. The van der Waals surface area contributed by atoms with Crippen molar-refractivity contribution in [1.82, 2.24) is 15.3 Å². The van der Waals surface area contributed by atoms with Crippen LogP contribution in [0.15, 0.2) is 24.5 Å². The van der Waals surface area contributed by atoms with Crippen molar-refractivity contribution in [1.29, 1.82) is 0 Å². The molecular weight excluding hydrogens is 496 g/mol. The highest BCUT2D eigenvalue weighted by molar-refractivity contribution is 6.42. The third-order valence-electron chi connectivity index (χ3n) is 5.52. The van der Waals surface area contributed by atoms with Crippen LogP contribution in [0, 0.1) is 5.82 Å². The van der Waals surface area contributed by atoms with Crippen molar-refractivity contribution in [3.05, 3.63) is 40.4 Å². The van der Waals surface area contributed by atoms with E-state index in [2.05, 4.69) is 20.6 Å². The lowest BCUT2D eigenvalue weighted by Crippen LogP contribution is -2.37. The number of nitrogens with zero attached hydrogens (tertiary/aromatic N) is 3. The molecule has 0 bridgehead atoms. The molecule has 0 aliphatic carbocycles. The minimum Gasteiger partial charge on any atom is -0.493 e. The molecule has 174 valence electrons. The van der Waals surface area contributed by atoms with Gasteiger partial charge in [0.15, 0.2) is 23.1 Å². The van der Waals surface area contributed by atoms with Crippen LogP contribution in [0.3, 0.4) is 0 Å². The molecule has 2 amide bonds. The first-order valence-electron chi connectivity index (χ1n) is 9.97. The van der Waals surface area contributed by atoms with E-state index < -0.39 is 11.8 Å². The molecule has 12 heteroatoms. The van der Waals surface area contributed by atoms with Gasteiger partial charge in [0, 0.05) is 6.07 Å². The number of carbonyl (C=O) groups is 1. The predicted molar refractivity (Wildman–Crippen MR) is 127 cm³/mol. The van der Waals surface area contributed by atoms with E-state index in [1.54, 1.807) is 6.07 Å². The number of amides is 2. The maximum absolute atomic E-state index is 15.0. The number of anilines is 3. The summed E-state index contributed by atoms with van der Waals surface area (Å²) in [6.45, 7) is 1.67. The predicted octanol–water partition coefficient (Wildman–Crippen LogP) is 5.32. The summed E-state index contributed by atoms with van der Waals surface area (Å²) in [5.74, 6) is 0.198. The van der Waals surface area contributed by atoms with Crippen LogP contribution in [0.2, 0.25) is 10.0 Å². The normalized spacial score (nSPS) is 15.8. The second-order valence-electron chi connectivity index (χ2n) is 7.40. The highest BCUT2D eigenvalue weighted by Crippen LogP contribution is 2.49. The Morgan fingerprint density at radius 2 is 1.97 bits per heavy atom. The molecule has 0 saturated carbocycles. The van der Waals surface area contributed by atoms with Crippen LogP contribution in [0.4, 0.5) is 26.4 Å². The first kappa shape index (κ1) is 23.6. The number of urea groups is 1. The highest BCUT2D eigenvalue weighted by Gasteiger charge is 2.35. The average molecular weight is 515 g/mol. The Morgan fingerprint density at radius 3 is 2.70 bits per heavy atom. The summed E-state index contributed by atoms with van der Waals surface area (Å²) in [5, 5.41) is 6.36. The molecule has 1 saturated heterocycles. The van der Waals surface area contributed by atoms with E-state index in [0.717, 1.165) is 30.8 Å². The van der Waals surface area contributed by atoms with Crippen molar-refractivity contribution < 1.29 is 18.7 Å². The number of piperidine rings is 1. The summed E-state index contributed by atoms with van der Waals surface area (Å²) < 4.78 is 26.8. The van der Waals surface area contributed by atoms with Crippen molar-refractivity contribution in [3.63, 3.8) is 0 Å². The summed E-state index contributed by atoms with van der Waals surface area (Å²) in [6, 6.07) is 3.88. The van der Waals surface area contributed by atoms with Gasteiger partial charge < -0.3 is 20.1 Å². The van der Waals surface area contributed by atoms with E-state index >= 15 is 0 Å². The third kappa shape index (κ3) is 3.99. The molecule has 8 nitrogen and oxygen atoms in total. The fourth-order valence-corrected chi connectivity index (χ4v) is 4.28. The van der Waals surface area contributed by atoms with E-state index in [1.807, 2.05) is 0 Å². The Labute approximate surface area is 204 Å². The van der Waals surface area contributed by atoms with Crippen molar-refractivity contribution >= 4 is 69.7 Å². The third-order valence-corrected chi connectivity index (χ3v) is 6.30. The van der Waals surface area contributed by atoms with Gasteiger partial charge in [0.25, 0.3) is 0 Å². The molecule has 0 spiro atoms. The van der Waals surface area contributed by atoms with Gasteiger partial charge in [0.1, 0.15) is 18.1 Å². The largest absolute Gasteiger partial charge is 0.493 e. The molecule has 2 aliphatic heterocycles. The molecule has 0 atom stereocenters. The molecule has 2 N–H and O–H groups in total. The topological polar surface area (TPSA) is 88.6 Å². The number of rotatable bonds is 4. The molecule has 2 aromatic carbocycles. The second kappa shape index (κ2) is 9.34. The second-order valence-corrected chi connectivity index (χ2v) is 8.19.